The van der Waals surface area contributed by atoms with Gasteiger partial charge in [0.25, 0.3) is 11.3 Å². The highest BCUT2D eigenvalue weighted by Crippen LogP contribution is 2.28. The van der Waals surface area contributed by atoms with Crippen LogP contribution in [0, 0.1) is 0 Å². The minimum absolute atomic E-state index is 0.159. The zero-order valence-electron chi connectivity index (χ0n) is 30.2. The van der Waals surface area contributed by atoms with E-state index in [1.807, 2.05) is 93.6 Å². The molecule has 0 atom stereocenters. The predicted molar refractivity (Wildman–Crippen MR) is 229 cm³/mol. The van der Waals surface area contributed by atoms with Crippen molar-refractivity contribution in [3.8, 4) is 22.9 Å². The van der Waals surface area contributed by atoms with Crippen molar-refractivity contribution < 1.29 is 9.84 Å². The molecule has 286 valence electrons. The first-order chi connectivity index (χ1) is 26.4. The Morgan fingerprint density at radius 2 is 1.15 bits per heavy atom. The number of nitrogens with zero attached hydrogens (tertiary/aromatic N) is 3. The lowest BCUT2D eigenvalue weighted by atomic mass is 10.1. The molecule has 0 fully saturated rings. The molecule has 0 bridgehead atoms. The Morgan fingerprint density at radius 1 is 0.618 bits per heavy atom. The summed E-state index contributed by atoms with van der Waals surface area (Å²) in [7, 11) is 0. The fourth-order valence-corrected chi connectivity index (χ4v) is 6.83. The van der Waals surface area contributed by atoms with E-state index in [1.165, 1.54) is 10.6 Å². The second-order valence-electron chi connectivity index (χ2n) is 11.6. The van der Waals surface area contributed by atoms with Gasteiger partial charge in [0.05, 0.1) is 5.69 Å². The first kappa shape index (κ1) is 43.5. The Morgan fingerprint density at radius 3 is 1.65 bits per heavy atom. The standard InChI is InChI=1S/C20H17ClN4O2.C8H8Cl2.C8H9ClO.C6H4Cl2/c1-2-15-16(21)9-6-10-17(15)27-12-14-11-18(26)25-20(22-14)23-19(24-25)13-7-4-3-5-8-13;2*1-2-6-7(9)4-3-5-8(6)10;7-5-2-1-3-6(8)4-5/h3-11H,2,12H2,1H3,(H,22,23,24);3-5H,2H2,1H3;3-5,10H,2H2,1H3;1-4H. The van der Waals surface area contributed by atoms with Crippen molar-refractivity contribution in [1.82, 2.24) is 19.6 Å². The summed E-state index contributed by atoms with van der Waals surface area (Å²) in [5.41, 5.74) is 3.94. The summed E-state index contributed by atoms with van der Waals surface area (Å²) in [5, 5.41) is 16.4. The number of hydrogen-bond donors (Lipinski definition) is 2. The lowest BCUT2D eigenvalue weighted by Crippen LogP contribution is -2.16. The van der Waals surface area contributed by atoms with Crippen molar-refractivity contribution in [2.24, 2.45) is 0 Å². The molecule has 5 aromatic carbocycles. The van der Waals surface area contributed by atoms with E-state index in [0.717, 1.165) is 51.6 Å². The molecule has 0 aliphatic rings. The highest BCUT2D eigenvalue weighted by Gasteiger charge is 2.12. The second-order valence-corrected chi connectivity index (χ2v) is 14.1. The van der Waals surface area contributed by atoms with E-state index in [9.17, 15) is 9.90 Å². The lowest BCUT2D eigenvalue weighted by Gasteiger charge is -2.11. The average Bonchev–Trinajstić information content (AvgIpc) is 3.61. The highest BCUT2D eigenvalue weighted by molar-refractivity contribution is 6.36. The number of H-pyrrole nitrogens is 1. The fourth-order valence-electron chi connectivity index (χ4n) is 5.12. The van der Waals surface area contributed by atoms with E-state index in [2.05, 4.69) is 15.1 Å². The first-order valence-corrected chi connectivity index (χ1v) is 19.5. The Balaban J connectivity index is 0.000000196. The molecule has 2 N–H and O–H groups in total. The predicted octanol–water partition coefficient (Wildman–Crippen LogP) is 13.0. The Hall–Kier alpha value is -4.21. The highest BCUT2D eigenvalue weighted by atomic mass is 35.5. The lowest BCUT2D eigenvalue weighted by molar-refractivity contribution is 0.298. The van der Waals surface area contributed by atoms with Gasteiger partial charge in [-0.25, -0.2) is 4.98 Å². The third-order valence-electron chi connectivity index (χ3n) is 7.89. The molecule has 0 saturated heterocycles. The molecule has 0 radical (unpaired) electrons. The number of nitrogens with one attached hydrogen (secondary N) is 1. The van der Waals surface area contributed by atoms with Crippen molar-refractivity contribution in [1.29, 1.82) is 0 Å². The maximum absolute atomic E-state index is 12.4. The number of benzene rings is 5. The van der Waals surface area contributed by atoms with Gasteiger partial charge >= 0.3 is 0 Å². The molecule has 2 heterocycles. The molecule has 7 aromatic rings. The van der Waals surface area contributed by atoms with Gasteiger partial charge in [0.1, 0.15) is 18.1 Å². The number of rotatable bonds is 7. The van der Waals surface area contributed by atoms with Crippen LogP contribution in [-0.2, 0) is 25.9 Å². The average molecular weight is 860 g/mol. The van der Waals surface area contributed by atoms with E-state index in [-0.39, 0.29) is 17.9 Å². The summed E-state index contributed by atoms with van der Waals surface area (Å²) in [5.74, 6) is 1.87. The monoisotopic (exact) mass is 856 g/mol. The van der Waals surface area contributed by atoms with Gasteiger partial charge in [0.2, 0.25) is 0 Å². The van der Waals surface area contributed by atoms with Gasteiger partial charge in [0, 0.05) is 52.9 Å². The van der Waals surface area contributed by atoms with Crippen LogP contribution < -0.4 is 10.3 Å². The largest absolute Gasteiger partial charge is 0.508 e. The molecule has 2 aromatic heterocycles. The van der Waals surface area contributed by atoms with Crippen LogP contribution in [0.2, 0.25) is 30.1 Å². The fraction of sp³-hybridized carbons (Fsp3) is 0.167. The number of phenols is 1. The van der Waals surface area contributed by atoms with Crippen LogP contribution in [0.3, 0.4) is 0 Å². The second kappa shape index (κ2) is 21.8. The number of phenolic OH excluding ortho intramolecular Hbond substituents is 1. The summed E-state index contributed by atoms with van der Waals surface area (Å²) >= 11 is 34.8. The zero-order valence-corrected chi connectivity index (χ0v) is 34.7. The van der Waals surface area contributed by atoms with Gasteiger partial charge in [-0.15, -0.1) is 0 Å². The number of hydrogen-bond acceptors (Lipinski definition) is 5. The number of halogens is 6. The minimum atomic E-state index is -0.241. The SMILES string of the molecule is CCc1c(Cl)cccc1Cl.CCc1c(Cl)cccc1OCc1cc(=O)n2[nH]c(-c3ccccc3)nc2n1.CCc1c(O)cccc1Cl.Clc1cccc(Cl)c1. The Bertz CT molecular complexity index is 2260. The molecule has 7 nitrogen and oxygen atoms in total. The zero-order chi connectivity index (χ0) is 39.9. The summed E-state index contributed by atoms with van der Waals surface area (Å²) in [6.07, 6.45) is 2.41. The van der Waals surface area contributed by atoms with E-state index < -0.39 is 0 Å². The number of aromatic nitrogens is 4. The van der Waals surface area contributed by atoms with Crippen molar-refractivity contribution in [2.45, 2.75) is 46.6 Å². The van der Waals surface area contributed by atoms with E-state index in [1.54, 1.807) is 36.4 Å². The van der Waals surface area contributed by atoms with Crippen LogP contribution in [0.4, 0.5) is 0 Å². The van der Waals surface area contributed by atoms with E-state index in [0.29, 0.717) is 43.1 Å². The van der Waals surface area contributed by atoms with Gasteiger partial charge < -0.3 is 9.84 Å². The maximum Gasteiger partial charge on any atom is 0.274 e. The molecular formula is C42H38Cl6N4O3. The molecule has 0 aliphatic heterocycles. The Labute approximate surface area is 350 Å². The van der Waals surface area contributed by atoms with Crippen molar-refractivity contribution in [3.05, 3.63) is 178 Å². The number of aromatic amines is 1. The molecule has 0 spiro atoms. The van der Waals surface area contributed by atoms with Crippen LogP contribution >= 0.6 is 69.6 Å². The molecule has 0 aliphatic carbocycles. The van der Waals surface area contributed by atoms with Gasteiger partial charge in [-0.1, -0.05) is 145 Å². The number of ether oxygens (including phenoxy) is 1. The van der Waals surface area contributed by atoms with E-state index in [4.69, 9.17) is 74.3 Å². The van der Waals surface area contributed by atoms with Gasteiger partial charge in [-0.3, -0.25) is 9.89 Å². The summed E-state index contributed by atoms with van der Waals surface area (Å²) < 4.78 is 7.18. The van der Waals surface area contributed by atoms with Crippen molar-refractivity contribution in [2.75, 3.05) is 0 Å². The van der Waals surface area contributed by atoms with Crippen molar-refractivity contribution in [3.63, 3.8) is 0 Å². The normalized spacial score (nSPS) is 10.3. The summed E-state index contributed by atoms with van der Waals surface area (Å²) in [4.78, 5) is 21.3. The first-order valence-electron chi connectivity index (χ1n) is 17.2. The minimum Gasteiger partial charge on any atom is -0.508 e. The van der Waals surface area contributed by atoms with Crippen molar-refractivity contribution >= 4 is 75.4 Å². The van der Waals surface area contributed by atoms with Crippen LogP contribution in [0.5, 0.6) is 11.5 Å². The molecular weight excluding hydrogens is 821 g/mol. The van der Waals surface area contributed by atoms with Gasteiger partial charge in [0.15, 0.2) is 5.82 Å². The third-order valence-corrected chi connectivity index (χ3v) is 9.77. The maximum atomic E-state index is 12.4. The molecule has 13 heteroatoms. The molecule has 55 heavy (non-hydrogen) atoms. The number of aromatic hydroxyl groups is 1. The topological polar surface area (TPSA) is 92.5 Å². The molecule has 0 saturated carbocycles. The smallest absolute Gasteiger partial charge is 0.274 e. The third kappa shape index (κ3) is 12.7. The summed E-state index contributed by atoms with van der Waals surface area (Å²) in [6, 6.07) is 34.3. The Kier molecular flexibility index (Phi) is 17.2. The molecule has 7 rings (SSSR count). The van der Waals surface area contributed by atoms with Crippen LogP contribution in [0.25, 0.3) is 17.2 Å². The number of fused-ring (bicyclic) bond motifs is 1. The van der Waals surface area contributed by atoms with Crippen LogP contribution in [0.15, 0.2) is 120 Å². The summed E-state index contributed by atoms with van der Waals surface area (Å²) in [6.45, 7) is 6.17. The molecule has 0 unspecified atom stereocenters. The quantitative estimate of drug-likeness (QED) is 0.167. The van der Waals surface area contributed by atoms with Crippen LogP contribution in [-0.4, -0.2) is 24.7 Å². The molecule has 0 amide bonds. The van der Waals surface area contributed by atoms with Crippen LogP contribution in [0.1, 0.15) is 43.2 Å². The van der Waals surface area contributed by atoms with E-state index >= 15 is 0 Å². The van der Waals surface area contributed by atoms with Gasteiger partial charge in [-0.2, -0.15) is 9.50 Å². The van der Waals surface area contributed by atoms with Gasteiger partial charge in [-0.05, 0) is 79.4 Å².